The number of hydrogen-bond acceptors (Lipinski definition) is 5. The first-order valence-corrected chi connectivity index (χ1v) is 6.73. The van der Waals surface area contributed by atoms with E-state index in [2.05, 4.69) is 30.7 Å². The summed E-state index contributed by atoms with van der Waals surface area (Å²) in [5.41, 5.74) is 0.611. The molecule has 18 heavy (non-hydrogen) atoms. The van der Waals surface area contributed by atoms with Crippen LogP contribution >= 0.6 is 15.9 Å². The minimum Gasteiger partial charge on any atom is -0.395 e. The number of hydrogen-bond donors (Lipinski definition) is 1. The highest BCUT2D eigenvalue weighted by Gasteiger charge is 2.19. The van der Waals surface area contributed by atoms with Gasteiger partial charge in [-0.05, 0) is 22.0 Å². The number of pyridine rings is 1. The second kappa shape index (κ2) is 6.26. The molecule has 1 aromatic heterocycles. The van der Waals surface area contributed by atoms with Crippen molar-refractivity contribution < 1.29 is 9.90 Å². The zero-order valence-corrected chi connectivity index (χ0v) is 11.6. The number of aliphatic hydroxyl groups excluding tert-OH is 1. The van der Waals surface area contributed by atoms with Crippen molar-refractivity contribution in [2.24, 2.45) is 0 Å². The van der Waals surface area contributed by atoms with Gasteiger partial charge in [0.25, 0.3) is 0 Å². The molecule has 1 N–H and O–H groups in total. The maximum atomic E-state index is 11.1. The lowest BCUT2D eigenvalue weighted by Crippen LogP contribution is -2.47. The Morgan fingerprint density at radius 1 is 1.39 bits per heavy atom. The summed E-state index contributed by atoms with van der Waals surface area (Å²) in [6, 6.07) is 1.79. The first-order chi connectivity index (χ1) is 8.74. The predicted octanol–water partition coefficient (Wildman–Crippen LogP) is 0.771. The number of nitrogens with zero attached hydrogens (tertiary/aromatic N) is 3. The minimum atomic E-state index is 0.191. The van der Waals surface area contributed by atoms with Crippen LogP contribution in [0.5, 0.6) is 0 Å². The third-order valence-corrected chi connectivity index (χ3v) is 3.51. The third kappa shape index (κ3) is 3.07. The predicted molar refractivity (Wildman–Crippen MR) is 73.1 cm³/mol. The molecule has 0 atom stereocenters. The van der Waals surface area contributed by atoms with Crippen molar-refractivity contribution in [2.75, 3.05) is 44.2 Å². The van der Waals surface area contributed by atoms with Crippen LogP contribution < -0.4 is 4.90 Å². The van der Waals surface area contributed by atoms with Crippen molar-refractivity contribution >= 4 is 28.0 Å². The van der Waals surface area contributed by atoms with Gasteiger partial charge in [0, 0.05) is 43.4 Å². The van der Waals surface area contributed by atoms with Crippen LogP contribution in [-0.4, -0.2) is 60.6 Å². The van der Waals surface area contributed by atoms with Gasteiger partial charge >= 0.3 is 0 Å². The lowest BCUT2D eigenvalue weighted by Gasteiger charge is -2.35. The number of aldehydes is 1. The summed E-state index contributed by atoms with van der Waals surface area (Å²) >= 11 is 3.32. The fourth-order valence-corrected chi connectivity index (χ4v) is 2.47. The fourth-order valence-electron chi connectivity index (χ4n) is 2.12. The van der Waals surface area contributed by atoms with Crippen LogP contribution in [0.1, 0.15) is 10.4 Å². The Labute approximate surface area is 115 Å². The van der Waals surface area contributed by atoms with E-state index < -0.39 is 0 Å². The van der Waals surface area contributed by atoms with E-state index in [4.69, 9.17) is 5.11 Å². The van der Waals surface area contributed by atoms with Crippen LogP contribution in [0.25, 0.3) is 0 Å². The molecule has 1 aromatic rings. The quantitative estimate of drug-likeness (QED) is 0.832. The molecule has 98 valence electrons. The second-order valence-electron chi connectivity index (χ2n) is 4.24. The maximum absolute atomic E-state index is 11.1. The molecule has 0 bridgehead atoms. The number of aromatic nitrogens is 1. The van der Waals surface area contributed by atoms with Crippen molar-refractivity contribution in [2.45, 2.75) is 0 Å². The van der Waals surface area contributed by atoms with Gasteiger partial charge in [-0.15, -0.1) is 0 Å². The summed E-state index contributed by atoms with van der Waals surface area (Å²) in [5.74, 6) is 0.747. The number of halogens is 1. The van der Waals surface area contributed by atoms with Crippen molar-refractivity contribution in [3.05, 3.63) is 22.3 Å². The number of β-amino-alcohol motifs (C(OH)–C–C–N with tert-alkyl or cyclic N) is 1. The number of piperazine rings is 1. The molecule has 1 aliphatic heterocycles. The largest absolute Gasteiger partial charge is 0.395 e. The van der Waals surface area contributed by atoms with E-state index in [0.29, 0.717) is 12.1 Å². The zero-order valence-electron chi connectivity index (χ0n) is 10.0. The molecule has 0 radical (unpaired) electrons. The molecule has 0 aromatic carbocycles. The van der Waals surface area contributed by atoms with E-state index >= 15 is 0 Å². The first kappa shape index (κ1) is 13.5. The highest BCUT2D eigenvalue weighted by molar-refractivity contribution is 9.10. The van der Waals surface area contributed by atoms with Crippen LogP contribution in [0.4, 0.5) is 5.82 Å². The number of aliphatic hydroxyl groups is 1. The van der Waals surface area contributed by atoms with Gasteiger partial charge in [0.1, 0.15) is 5.82 Å². The van der Waals surface area contributed by atoms with Crippen LogP contribution in [-0.2, 0) is 0 Å². The molecule has 1 saturated heterocycles. The van der Waals surface area contributed by atoms with E-state index in [1.807, 2.05) is 0 Å². The Morgan fingerprint density at radius 3 is 2.72 bits per heavy atom. The van der Waals surface area contributed by atoms with Gasteiger partial charge in [-0.3, -0.25) is 9.69 Å². The molecular weight excluding hydrogens is 298 g/mol. The summed E-state index contributed by atoms with van der Waals surface area (Å²) in [6.07, 6.45) is 2.55. The van der Waals surface area contributed by atoms with Crippen LogP contribution in [0.3, 0.4) is 0 Å². The molecule has 0 spiro atoms. The number of carbonyl (C=O) groups is 1. The van der Waals surface area contributed by atoms with E-state index in [1.165, 1.54) is 0 Å². The van der Waals surface area contributed by atoms with E-state index in [9.17, 15) is 4.79 Å². The molecule has 0 saturated carbocycles. The Hall–Kier alpha value is -0.980. The van der Waals surface area contributed by atoms with Gasteiger partial charge in [-0.2, -0.15) is 0 Å². The molecule has 2 heterocycles. The van der Waals surface area contributed by atoms with Gasteiger partial charge in [-0.1, -0.05) is 0 Å². The number of anilines is 1. The van der Waals surface area contributed by atoms with Crippen molar-refractivity contribution in [1.82, 2.24) is 9.88 Å². The summed E-state index contributed by atoms with van der Waals surface area (Å²) in [6.45, 7) is 4.33. The fraction of sp³-hybridized carbons (Fsp3) is 0.500. The molecule has 0 unspecified atom stereocenters. The molecule has 1 fully saturated rings. The SMILES string of the molecule is O=Cc1cc(Br)cnc1N1CCN(CCO)CC1. The third-order valence-electron chi connectivity index (χ3n) is 3.08. The Balaban J connectivity index is 2.07. The van der Waals surface area contributed by atoms with Crippen molar-refractivity contribution in [1.29, 1.82) is 0 Å². The Morgan fingerprint density at radius 2 is 2.11 bits per heavy atom. The number of carbonyl (C=O) groups excluding carboxylic acids is 1. The molecule has 6 heteroatoms. The molecule has 0 aliphatic carbocycles. The maximum Gasteiger partial charge on any atom is 0.153 e. The Kier molecular flexibility index (Phi) is 4.68. The van der Waals surface area contributed by atoms with Crippen LogP contribution in [0, 0.1) is 0 Å². The lowest BCUT2D eigenvalue weighted by molar-refractivity contribution is 0.112. The van der Waals surface area contributed by atoms with Crippen LogP contribution in [0.15, 0.2) is 16.7 Å². The van der Waals surface area contributed by atoms with Gasteiger partial charge in [-0.25, -0.2) is 4.98 Å². The minimum absolute atomic E-state index is 0.191. The zero-order chi connectivity index (χ0) is 13.0. The van der Waals surface area contributed by atoms with Crippen LogP contribution in [0.2, 0.25) is 0 Å². The topological polar surface area (TPSA) is 56.7 Å². The molecule has 5 nitrogen and oxygen atoms in total. The van der Waals surface area contributed by atoms with E-state index in [1.54, 1.807) is 12.3 Å². The standard InChI is InChI=1S/C12H16BrN3O2/c13-11-7-10(9-18)12(14-8-11)16-3-1-15(2-4-16)5-6-17/h7-9,17H,1-6H2. The molecule has 2 rings (SSSR count). The van der Waals surface area contributed by atoms with Gasteiger partial charge in [0.2, 0.25) is 0 Å². The molecule has 0 amide bonds. The highest BCUT2D eigenvalue weighted by atomic mass is 79.9. The highest BCUT2D eigenvalue weighted by Crippen LogP contribution is 2.21. The van der Waals surface area contributed by atoms with E-state index in [-0.39, 0.29) is 6.61 Å². The average molecular weight is 314 g/mol. The summed E-state index contributed by atoms with van der Waals surface area (Å²) in [4.78, 5) is 19.7. The smallest absolute Gasteiger partial charge is 0.153 e. The summed E-state index contributed by atoms with van der Waals surface area (Å²) in [7, 11) is 0. The monoisotopic (exact) mass is 313 g/mol. The van der Waals surface area contributed by atoms with Gasteiger partial charge < -0.3 is 10.0 Å². The van der Waals surface area contributed by atoms with Crippen molar-refractivity contribution in [3.8, 4) is 0 Å². The number of rotatable bonds is 4. The summed E-state index contributed by atoms with van der Waals surface area (Å²) in [5, 5.41) is 8.89. The van der Waals surface area contributed by atoms with Crippen molar-refractivity contribution in [3.63, 3.8) is 0 Å². The Bertz CT molecular complexity index is 420. The first-order valence-electron chi connectivity index (χ1n) is 5.93. The molecule has 1 aliphatic rings. The second-order valence-corrected chi connectivity index (χ2v) is 5.15. The summed E-state index contributed by atoms with van der Waals surface area (Å²) < 4.78 is 0.812. The van der Waals surface area contributed by atoms with Gasteiger partial charge in [0.05, 0.1) is 12.2 Å². The average Bonchev–Trinajstić information content (AvgIpc) is 2.40. The van der Waals surface area contributed by atoms with E-state index in [0.717, 1.165) is 42.8 Å². The normalized spacial score (nSPS) is 16.9. The lowest BCUT2D eigenvalue weighted by atomic mass is 10.2. The molecular formula is C12H16BrN3O2. The van der Waals surface area contributed by atoms with Gasteiger partial charge in [0.15, 0.2) is 6.29 Å².